The molecule has 1 aliphatic rings. The minimum atomic E-state index is 0.329. The molecule has 0 aliphatic heterocycles. The lowest BCUT2D eigenvalue weighted by atomic mass is 9.90. The first kappa shape index (κ1) is 16.4. The monoisotopic (exact) mass is 356 g/mol. The highest BCUT2D eigenvalue weighted by molar-refractivity contribution is 5.89. The van der Waals surface area contributed by atoms with Gasteiger partial charge in [-0.2, -0.15) is 0 Å². The van der Waals surface area contributed by atoms with Gasteiger partial charge in [0, 0.05) is 34.2 Å². The van der Waals surface area contributed by atoms with E-state index in [1.165, 1.54) is 46.1 Å². The normalized spacial score (nSPS) is 17.7. The van der Waals surface area contributed by atoms with Gasteiger partial charge in [-0.3, -0.25) is 0 Å². The number of nitrogens with one attached hydrogen (secondary N) is 2. The summed E-state index contributed by atoms with van der Waals surface area (Å²) in [5.41, 5.74) is 7.75. The molecular weight excluding hydrogens is 332 g/mol. The third-order valence-corrected chi connectivity index (χ3v) is 5.81. The van der Waals surface area contributed by atoms with Crippen LogP contribution in [0.25, 0.3) is 22.0 Å². The topological polar surface area (TPSA) is 41.0 Å². The van der Waals surface area contributed by atoms with Crippen molar-refractivity contribution in [2.75, 3.05) is 0 Å². The average Bonchev–Trinajstić information content (AvgIpc) is 3.37. The van der Waals surface area contributed by atoms with Crippen LogP contribution in [-0.4, -0.2) is 4.98 Å². The Bertz CT molecular complexity index is 1050. The van der Waals surface area contributed by atoms with Crippen LogP contribution in [0.15, 0.2) is 71.5 Å². The van der Waals surface area contributed by atoms with Crippen LogP contribution in [0.2, 0.25) is 0 Å². The van der Waals surface area contributed by atoms with Crippen molar-refractivity contribution in [3.05, 3.63) is 83.9 Å². The fourth-order valence-corrected chi connectivity index (χ4v) is 4.38. The molecule has 136 valence electrons. The van der Waals surface area contributed by atoms with Crippen LogP contribution in [0.1, 0.15) is 48.7 Å². The molecule has 0 saturated heterocycles. The lowest BCUT2D eigenvalue weighted by Crippen LogP contribution is -2.27. The fourth-order valence-electron chi connectivity index (χ4n) is 4.38. The summed E-state index contributed by atoms with van der Waals surface area (Å²) < 4.78 is 5.26. The summed E-state index contributed by atoms with van der Waals surface area (Å²) in [6, 6.07) is 20.1. The molecule has 0 amide bonds. The van der Waals surface area contributed by atoms with Crippen molar-refractivity contribution < 1.29 is 4.42 Å². The van der Waals surface area contributed by atoms with Gasteiger partial charge in [-0.25, -0.2) is 0 Å². The van der Waals surface area contributed by atoms with Gasteiger partial charge >= 0.3 is 0 Å². The molecular formula is C24H24N2O. The lowest BCUT2D eigenvalue weighted by Gasteiger charge is -2.27. The predicted octanol–water partition coefficient (Wildman–Crippen LogP) is 6.16. The van der Waals surface area contributed by atoms with Crippen LogP contribution >= 0.6 is 0 Å². The van der Waals surface area contributed by atoms with Gasteiger partial charge in [-0.1, -0.05) is 36.4 Å². The molecule has 2 aromatic heterocycles. The number of aryl methyl sites for hydroxylation is 1. The van der Waals surface area contributed by atoms with Gasteiger partial charge in [0.25, 0.3) is 0 Å². The Morgan fingerprint density at radius 2 is 1.96 bits per heavy atom. The number of aromatic nitrogens is 1. The molecule has 2 aromatic carbocycles. The number of H-pyrrole nitrogens is 1. The molecule has 2 N–H and O–H groups in total. The summed E-state index contributed by atoms with van der Waals surface area (Å²) in [5.74, 6) is 0. The molecule has 0 radical (unpaired) electrons. The highest BCUT2D eigenvalue weighted by Crippen LogP contribution is 2.37. The van der Waals surface area contributed by atoms with Gasteiger partial charge in [0.1, 0.15) is 0 Å². The quantitative estimate of drug-likeness (QED) is 0.460. The van der Waals surface area contributed by atoms with Crippen LogP contribution in [-0.2, 0) is 6.42 Å². The minimum absolute atomic E-state index is 0.329. The summed E-state index contributed by atoms with van der Waals surface area (Å²) in [4.78, 5) is 3.71. The van der Waals surface area contributed by atoms with E-state index in [2.05, 4.69) is 65.8 Å². The Morgan fingerprint density at radius 1 is 1.07 bits per heavy atom. The van der Waals surface area contributed by atoms with E-state index in [0.29, 0.717) is 12.1 Å². The van der Waals surface area contributed by atoms with E-state index in [1.54, 1.807) is 6.26 Å². The average molecular weight is 356 g/mol. The van der Waals surface area contributed by atoms with E-state index in [-0.39, 0.29) is 0 Å². The molecule has 0 bridgehead atoms. The number of fused-ring (bicyclic) bond motifs is 3. The molecule has 27 heavy (non-hydrogen) atoms. The highest BCUT2D eigenvalue weighted by Gasteiger charge is 2.25. The van der Waals surface area contributed by atoms with Crippen LogP contribution in [0.3, 0.4) is 0 Å². The number of furan rings is 1. The van der Waals surface area contributed by atoms with Gasteiger partial charge in [0.05, 0.1) is 12.5 Å². The third-order valence-electron chi connectivity index (χ3n) is 5.81. The number of rotatable bonds is 4. The van der Waals surface area contributed by atoms with Crippen LogP contribution in [0, 0.1) is 0 Å². The van der Waals surface area contributed by atoms with E-state index in [1.807, 2.05) is 12.3 Å². The van der Waals surface area contributed by atoms with Gasteiger partial charge in [-0.15, -0.1) is 0 Å². The molecule has 4 aromatic rings. The maximum atomic E-state index is 5.26. The number of benzene rings is 2. The molecule has 3 nitrogen and oxygen atoms in total. The summed E-state index contributed by atoms with van der Waals surface area (Å²) >= 11 is 0. The second kappa shape index (κ2) is 6.75. The van der Waals surface area contributed by atoms with Gasteiger partial charge < -0.3 is 14.7 Å². The van der Waals surface area contributed by atoms with Crippen molar-refractivity contribution in [1.29, 1.82) is 0 Å². The molecule has 1 aliphatic carbocycles. The van der Waals surface area contributed by atoms with Crippen LogP contribution in [0.5, 0.6) is 0 Å². The third kappa shape index (κ3) is 2.98. The molecule has 2 atom stereocenters. The minimum Gasteiger partial charge on any atom is -0.472 e. The van der Waals surface area contributed by atoms with Gasteiger partial charge in [-0.05, 0) is 61.1 Å². The van der Waals surface area contributed by atoms with Crippen molar-refractivity contribution in [3.8, 4) is 11.1 Å². The van der Waals surface area contributed by atoms with Crippen molar-refractivity contribution in [2.45, 2.75) is 38.3 Å². The highest BCUT2D eigenvalue weighted by atomic mass is 16.3. The van der Waals surface area contributed by atoms with E-state index in [0.717, 1.165) is 12.0 Å². The Kier molecular flexibility index (Phi) is 4.10. The second-order valence-corrected chi connectivity index (χ2v) is 7.53. The standard InChI is InChI=1S/C24H24N2O/c1-16(17-6-3-2-4-7-17)25-23-9-5-8-20-21-14-18(19-12-13-27-15-19)10-11-22(21)26-24(20)23/h2-4,6-7,10-16,23,25-26H,5,8-9H2,1H3/t16-,23-/m1/s1. The van der Waals surface area contributed by atoms with Gasteiger partial charge in [0.15, 0.2) is 0 Å². The molecule has 3 heteroatoms. The predicted molar refractivity (Wildman–Crippen MR) is 110 cm³/mol. The van der Waals surface area contributed by atoms with Crippen molar-refractivity contribution in [3.63, 3.8) is 0 Å². The Balaban J connectivity index is 1.49. The molecule has 0 spiro atoms. The SMILES string of the molecule is C[C@@H](N[C@@H]1CCCc2c1[nH]c1ccc(-c3ccoc3)cc21)c1ccccc1. The zero-order valence-corrected chi connectivity index (χ0v) is 15.5. The first-order chi connectivity index (χ1) is 13.3. The van der Waals surface area contributed by atoms with Crippen LogP contribution in [0.4, 0.5) is 0 Å². The Labute approximate surface area is 159 Å². The number of hydrogen-bond donors (Lipinski definition) is 2. The molecule has 0 unspecified atom stereocenters. The smallest absolute Gasteiger partial charge is 0.0980 e. The maximum Gasteiger partial charge on any atom is 0.0980 e. The Morgan fingerprint density at radius 3 is 2.78 bits per heavy atom. The zero-order chi connectivity index (χ0) is 18.2. The van der Waals surface area contributed by atoms with E-state index >= 15 is 0 Å². The lowest BCUT2D eigenvalue weighted by molar-refractivity contribution is 0.410. The van der Waals surface area contributed by atoms with Gasteiger partial charge in [0.2, 0.25) is 0 Å². The molecule has 0 fully saturated rings. The van der Waals surface area contributed by atoms with Crippen molar-refractivity contribution in [1.82, 2.24) is 10.3 Å². The first-order valence-electron chi connectivity index (χ1n) is 9.77. The first-order valence-corrected chi connectivity index (χ1v) is 9.77. The van der Waals surface area contributed by atoms with Crippen LogP contribution < -0.4 is 5.32 Å². The zero-order valence-electron chi connectivity index (χ0n) is 15.5. The summed E-state index contributed by atoms with van der Waals surface area (Å²) in [6.07, 6.45) is 7.08. The summed E-state index contributed by atoms with van der Waals surface area (Å²) in [5, 5.41) is 5.20. The largest absolute Gasteiger partial charge is 0.472 e. The number of hydrogen-bond acceptors (Lipinski definition) is 2. The maximum absolute atomic E-state index is 5.26. The van der Waals surface area contributed by atoms with Crippen molar-refractivity contribution >= 4 is 10.9 Å². The van der Waals surface area contributed by atoms with E-state index < -0.39 is 0 Å². The summed E-state index contributed by atoms with van der Waals surface area (Å²) in [7, 11) is 0. The molecule has 0 saturated carbocycles. The molecule has 5 rings (SSSR count). The Hall–Kier alpha value is -2.78. The van der Waals surface area contributed by atoms with E-state index in [4.69, 9.17) is 4.42 Å². The molecule has 2 heterocycles. The second-order valence-electron chi connectivity index (χ2n) is 7.53. The van der Waals surface area contributed by atoms with E-state index in [9.17, 15) is 0 Å². The van der Waals surface area contributed by atoms with Crippen molar-refractivity contribution in [2.24, 2.45) is 0 Å². The fraction of sp³-hybridized carbons (Fsp3) is 0.250. The number of aromatic amines is 1. The summed E-state index contributed by atoms with van der Waals surface area (Å²) in [6.45, 7) is 2.25.